The van der Waals surface area contributed by atoms with E-state index in [2.05, 4.69) is 19.9 Å². The van der Waals surface area contributed by atoms with Crippen LogP contribution >= 0.6 is 0 Å². The van der Waals surface area contributed by atoms with Crippen LogP contribution in [0.1, 0.15) is 26.7 Å². The topological polar surface area (TPSA) is 18.5 Å². The third-order valence-corrected chi connectivity index (χ3v) is 2.93. The van der Waals surface area contributed by atoms with Gasteiger partial charge in [0.05, 0.1) is 13.2 Å². The van der Waals surface area contributed by atoms with Gasteiger partial charge in [-0.1, -0.05) is 12.5 Å². The molecule has 68 valence electrons. The fourth-order valence-corrected chi connectivity index (χ4v) is 1.90. The van der Waals surface area contributed by atoms with Crippen LogP contribution in [0.25, 0.3) is 0 Å². The first kappa shape index (κ1) is 8.27. The van der Waals surface area contributed by atoms with Crippen molar-refractivity contribution in [2.24, 2.45) is 5.92 Å². The molecule has 2 rings (SSSR count). The Morgan fingerprint density at radius 2 is 2.08 bits per heavy atom. The van der Waals surface area contributed by atoms with Crippen molar-refractivity contribution in [3.05, 3.63) is 11.6 Å². The Morgan fingerprint density at radius 1 is 1.42 bits per heavy atom. The minimum absolute atomic E-state index is 0.337. The normalized spacial score (nSPS) is 33.8. The van der Waals surface area contributed by atoms with E-state index in [1.807, 2.05) is 0 Å². The average molecular weight is 168 g/mol. The van der Waals surface area contributed by atoms with Crippen molar-refractivity contribution in [2.45, 2.75) is 32.5 Å². The summed E-state index contributed by atoms with van der Waals surface area (Å²) in [5.74, 6) is 0.361. The van der Waals surface area contributed by atoms with E-state index in [1.165, 1.54) is 12.0 Å². The molecule has 1 saturated heterocycles. The van der Waals surface area contributed by atoms with Crippen LogP contribution in [0.4, 0.5) is 0 Å². The lowest BCUT2D eigenvalue weighted by molar-refractivity contribution is -0.128. The second kappa shape index (κ2) is 2.86. The molecule has 1 heterocycles. The van der Waals surface area contributed by atoms with Gasteiger partial charge >= 0.3 is 0 Å². The zero-order valence-corrected chi connectivity index (χ0v) is 7.80. The summed E-state index contributed by atoms with van der Waals surface area (Å²) < 4.78 is 11.2. The van der Waals surface area contributed by atoms with Crippen LogP contribution in [0.3, 0.4) is 0 Å². The molecule has 1 unspecified atom stereocenters. The Hall–Kier alpha value is -0.340. The van der Waals surface area contributed by atoms with Gasteiger partial charge in [-0.3, -0.25) is 0 Å². The van der Waals surface area contributed by atoms with E-state index in [1.54, 1.807) is 0 Å². The van der Waals surface area contributed by atoms with Gasteiger partial charge in [-0.15, -0.1) is 0 Å². The highest BCUT2D eigenvalue weighted by atomic mass is 16.7. The minimum atomic E-state index is -0.337. The second-order valence-electron chi connectivity index (χ2n) is 3.84. The standard InChI is InChI=1S/C10H16O2/c1-8-3-4-10(7-9(8)2)11-5-6-12-10/h7-8H,3-6H2,1-2H3. The van der Waals surface area contributed by atoms with E-state index < -0.39 is 0 Å². The van der Waals surface area contributed by atoms with Gasteiger partial charge in [0.15, 0.2) is 5.79 Å². The summed E-state index contributed by atoms with van der Waals surface area (Å²) in [4.78, 5) is 0. The lowest BCUT2D eigenvalue weighted by atomic mass is 9.87. The summed E-state index contributed by atoms with van der Waals surface area (Å²) in [5, 5.41) is 0. The molecule has 0 aromatic rings. The minimum Gasteiger partial charge on any atom is -0.344 e. The van der Waals surface area contributed by atoms with Crippen LogP contribution in [-0.2, 0) is 9.47 Å². The molecule has 0 saturated carbocycles. The van der Waals surface area contributed by atoms with E-state index in [0.29, 0.717) is 5.92 Å². The number of allylic oxidation sites excluding steroid dienone is 1. The molecule has 0 amide bonds. The number of hydrogen-bond acceptors (Lipinski definition) is 2. The Kier molecular flexibility index (Phi) is 1.97. The monoisotopic (exact) mass is 168 g/mol. The predicted molar refractivity (Wildman–Crippen MR) is 46.8 cm³/mol. The number of rotatable bonds is 0. The summed E-state index contributed by atoms with van der Waals surface area (Å²) in [6.45, 7) is 5.92. The van der Waals surface area contributed by atoms with E-state index >= 15 is 0 Å². The zero-order valence-electron chi connectivity index (χ0n) is 7.80. The van der Waals surface area contributed by atoms with Crippen molar-refractivity contribution in [3.63, 3.8) is 0 Å². The van der Waals surface area contributed by atoms with Gasteiger partial charge in [0, 0.05) is 6.42 Å². The van der Waals surface area contributed by atoms with Crippen LogP contribution in [0, 0.1) is 5.92 Å². The van der Waals surface area contributed by atoms with Crippen molar-refractivity contribution >= 4 is 0 Å². The van der Waals surface area contributed by atoms with Gasteiger partial charge in [0.25, 0.3) is 0 Å². The maximum absolute atomic E-state index is 5.60. The molecule has 1 aliphatic carbocycles. The summed E-state index contributed by atoms with van der Waals surface area (Å²) >= 11 is 0. The third-order valence-electron chi connectivity index (χ3n) is 2.93. The van der Waals surface area contributed by atoms with Crippen LogP contribution in [0.2, 0.25) is 0 Å². The van der Waals surface area contributed by atoms with Crippen LogP contribution in [0.15, 0.2) is 11.6 Å². The number of ether oxygens (including phenoxy) is 2. The summed E-state index contributed by atoms with van der Waals surface area (Å²) in [6.07, 6.45) is 4.36. The van der Waals surface area contributed by atoms with E-state index in [-0.39, 0.29) is 5.79 Å². The van der Waals surface area contributed by atoms with Crippen molar-refractivity contribution < 1.29 is 9.47 Å². The maximum atomic E-state index is 5.60. The molecule has 12 heavy (non-hydrogen) atoms. The molecular formula is C10H16O2. The van der Waals surface area contributed by atoms with E-state index in [9.17, 15) is 0 Å². The molecule has 1 atom stereocenters. The van der Waals surface area contributed by atoms with Gasteiger partial charge in [0.2, 0.25) is 0 Å². The third kappa shape index (κ3) is 1.29. The fourth-order valence-electron chi connectivity index (χ4n) is 1.90. The summed E-state index contributed by atoms with van der Waals surface area (Å²) in [6, 6.07) is 0. The molecule has 2 aliphatic rings. The fraction of sp³-hybridized carbons (Fsp3) is 0.800. The van der Waals surface area contributed by atoms with Crippen molar-refractivity contribution in [3.8, 4) is 0 Å². The Morgan fingerprint density at radius 3 is 2.67 bits per heavy atom. The van der Waals surface area contributed by atoms with E-state index in [0.717, 1.165) is 19.6 Å². The quantitative estimate of drug-likeness (QED) is 0.516. The first-order valence-corrected chi connectivity index (χ1v) is 4.69. The zero-order chi connectivity index (χ0) is 8.60. The molecule has 2 heteroatoms. The lowest BCUT2D eigenvalue weighted by Crippen LogP contribution is -2.32. The van der Waals surface area contributed by atoms with Crippen molar-refractivity contribution in [2.75, 3.05) is 13.2 Å². The molecule has 0 aromatic heterocycles. The highest BCUT2D eigenvalue weighted by molar-refractivity contribution is 5.13. The first-order chi connectivity index (χ1) is 5.72. The molecule has 0 radical (unpaired) electrons. The van der Waals surface area contributed by atoms with Crippen LogP contribution in [-0.4, -0.2) is 19.0 Å². The average Bonchev–Trinajstić information content (AvgIpc) is 2.47. The molecule has 0 N–H and O–H groups in total. The van der Waals surface area contributed by atoms with Crippen molar-refractivity contribution in [1.82, 2.24) is 0 Å². The Bertz CT molecular complexity index is 202. The molecule has 1 spiro atoms. The lowest BCUT2D eigenvalue weighted by Gasteiger charge is -2.31. The van der Waals surface area contributed by atoms with Gasteiger partial charge in [-0.2, -0.15) is 0 Å². The molecule has 2 nitrogen and oxygen atoms in total. The smallest absolute Gasteiger partial charge is 0.188 e. The highest BCUT2D eigenvalue weighted by Crippen LogP contribution is 2.36. The maximum Gasteiger partial charge on any atom is 0.188 e. The van der Waals surface area contributed by atoms with Gasteiger partial charge in [0.1, 0.15) is 0 Å². The summed E-state index contributed by atoms with van der Waals surface area (Å²) in [7, 11) is 0. The molecule has 0 bridgehead atoms. The van der Waals surface area contributed by atoms with Gasteiger partial charge in [-0.05, 0) is 25.3 Å². The SMILES string of the molecule is CC1=CC2(CCC1C)OCCO2. The number of hydrogen-bond donors (Lipinski definition) is 0. The van der Waals surface area contributed by atoms with Gasteiger partial charge < -0.3 is 9.47 Å². The Balaban J connectivity index is 2.18. The second-order valence-corrected chi connectivity index (χ2v) is 3.84. The molecular weight excluding hydrogens is 152 g/mol. The Labute approximate surface area is 73.5 Å². The molecule has 0 aromatic carbocycles. The highest BCUT2D eigenvalue weighted by Gasteiger charge is 2.37. The summed E-state index contributed by atoms with van der Waals surface area (Å²) in [5.41, 5.74) is 1.41. The molecule has 1 aliphatic heterocycles. The van der Waals surface area contributed by atoms with E-state index in [4.69, 9.17) is 9.47 Å². The first-order valence-electron chi connectivity index (χ1n) is 4.69. The predicted octanol–water partition coefficient (Wildman–Crippen LogP) is 2.11. The molecule has 1 fully saturated rings. The largest absolute Gasteiger partial charge is 0.344 e. The van der Waals surface area contributed by atoms with Crippen LogP contribution < -0.4 is 0 Å². The van der Waals surface area contributed by atoms with Crippen molar-refractivity contribution in [1.29, 1.82) is 0 Å². The van der Waals surface area contributed by atoms with Gasteiger partial charge in [-0.25, -0.2) is 0 Å². The van der Waals surface area contributed by atoms with Crippen LogP contribution in [0.5, 0.6) is 0 Å².